The van der Waals surface area contributed by atoms with Gasteiger partial charge in [0.1, 0.15) is 0 Å². The summed E-state index contributed by atoms with van der Waals surface area (Å²) in [5.74, 6) is 0. The van der Waals surface area contributed by atoms with E-state index in [-0.39, 0.29) is 0 Å². The Morgan fingerprint density at radius 1 is 1.33 bits per heavy atom. The molecule has 0 spiro atoms. The molecule has 0 aliphatic carbocycles. The first kappa shape index (κ1) is 9.56. The zero-order valence-electron chi connectivity index (χ0n) is 7.74. The lowest BCUT2D eigenvalue weighted by atomic mass is 10.1. The van der Waals surface area contributed by atoms with E-state index >= 15 is 0 Å². The van der Waals surface area contributed by atoms with Crippen LogP contribution in [-0.4, -0.2) is 7.05 Å². The topological polar surface area (TPSA) is 12.0 Å². The number of halogens is 1. The molecule has 1 nitrogen and oxygen atoms in total. The fourth-order valence-corrected chi connectivity index (χ4v) is 1.53. The van der Waals surface area contributed by atoms with Gasteiger partial charge >= 0.3 is 0 Å². The second-order valence-electron chi connectivity index (χ2n) is 3.09. The first-order valence-electron chi connectivity index (χ1n) is 4.05. The molecule has 0 unspecified atom stereocenters. The average Bonchev–Trinajstić information content (AvgIpc) is 2.00. The van der Waals surface area contributed by atoms with Crippen LogP contribution in [0.15, 0.2) is 12.1 Å². The van der Waals surface area contributed by atoms with Crippen molar-refractivity contribution in [3.8, 4) is 0 Å². The van der Waals surface area contributed by atoms with Crippen molar-refractivity contribution in [3.05, 3.63) is 33.8 Å². The Hall–Kier alpha value is -0.530. The third kappa shape index (κ3) is 1.99. The Balaban J connectivity index is 3.09. The molecule has 1 aromatic rings. The third-order valence-electron chi connectivity index (χ3n) is 1.84. The van der Waals surface area contributed by atoms with Crippen molar-refractivity contribution >= 4 is 11.6 Å². The molecule has 0 heterocycles. The molecule has 0 aliphatic heterocycles. The highest BCUT2D eigenvalue weighted by Gasteiger charge is 2.02. The molecular formula is C10H14ClN. The Morgan fingerprint density at radius 3 is 2.58 bits per heavy atom. The minimum atomic E-state index is 0.835. The first-order valence-corrected chi connectivity index (χ1v) is 4.43. The van der Waals surface area contributed by atoms with E-state index in [4.69, 9.17) is 11.6 Å². The lowest BCUT2D eigenvalue weighted by Crippen LogP contribution is -2.06. The normalized spacial score (nSPS) is 10.3. The molecule has 0 saturated heterocycles. The van der Waals surface area contributed by atoms with Crippen molar-refractivity contribution in [2.75, 3.05) is 7.05 Å². The smallest absolute Gasteiger partial charge is 0.0480 e. The highest BCUT2D eigenvalue weighted by atomic mass is 35.5. The zero-order valence-corrected chi connectivity index (χ0v) is 8.50. The van der Waals surface area contributed by atoms with Crippen LogP contribution in [0.3, 0.4) is 0 Å². The molecule has 0 aliphatic rings. The Morgan fingerprint density at radius 2 is 2.00 bits per heavy atom. The lowest BCUT2D eigenvalue weighted by Gasteiger charge is -2.07. The molecule has 2 heteroatoms. The Bertz CT molecular complexity index is 281. The number of hydrogen-bond donors (Lipinski definition) is 1. The van der Waals surface area contributed by atoms with Gasteiger partial charge in [-0.25, -0.2) is 0 Å². The Labute approximate surface area is 78.7 Å². The summed E-state index contributed by atoms with van der Waals surface area (Å²) in [5.41, 5.74) is 3.60. The SMILES string of the molecule is CNCc1cc(C)cc(C)c1Cl. The maximum atomic E-state index is 6.10. The minimum Gasteiger partial charge on any atom is -0.316 e. The molecular weight excluding hydrogens is 170 g/mol. The van der Waals surface area contributed by atoms with E-state index in [1.54, 1.807) is 0 Å². The van der Waals surface area contributed by atoms with Crippen LogP contribution in [0, 0.1) is 13.8 Å². The third-order valence-corrected chi connectivity index (χ3v) is 2.38. The van der Waals surface area contributed by atoms with E-state index in [1.807, 2.05) is 14.0 Å². The van der Waals surface area contributed by atoms with Gasteiger partial charge in [-0.3, -0.25) is 0 Å². The van der Waals surface area contributed by atoms with Gasteiger partial charge in [0, 0.05) is 11.6 Å². The van der Waals surface area contributed by atoms with Crippen molar-refractivity contribution in [1.29, 1.82) is 0 Å². The van der Waals surface area contributed by atoms with Crippen molar-refractivity contribution in [3.63, 3.8) is 0 Å². The van der Waals surface area contributed by atoms with Gasteiger partial charge in [-0.2, -0.15) is 0 Å². The highest BCUT2D eigenvalue weighted by molar-refractivity contribution is 6.32. The van der Waals surface area contributed by atoms with E-state index in [2.05, 4.69) is 24.4 Å². The van der Waals surface area contributed by atoms with Crippen LogP contribution in [0.1, 0.15) is 16.7 Å². The largest absolute Gasteiger partial charge is 0.316 e. The van der Waals surface area contributed by atoms with Crippen molar-refractivity contribution in [2.45, 2.75) is 20.4 Å². The summed E-state index contributed by atoms with van der Waals surface area (Å²) in [4.78, 5) is 0. The van der Waals surface area contributed by atoms with Crippen LogP contribution in [0.2, 0.25) is 5.02 Å². The summed E-state index contributed by atoms with van der Waals surface area (Å²) in [6, 6.07) is 4.22. The van der Waals surface area contributed by atoms with Crippen molar-refractivity contribution in [2.24, 2.45) is 0 Å². The average molecular weight is 184 g/mol. The second-order valence-corrected chi connectivity index (χ2v) is 3.46. The van der Waals surface area contributed by atoms with Crippen LogP contribution in [-0.2, 0) is 6.54 Å². The van der Waals surface area contributed by atoms with Crippen molar-refractivity contribution in [1.82, 2.24) is 5.32 Å². The molecule has 12 heavy (non-hydrogen) atoms. The predicted octanol–water partition coefficient (Wildman–Crippen LogP) is 2.68. The minimum absolute atomic E-state index is 0.835. The standard InChI is InChI=1S/C10H14ClN/c1-7-4-8(2)10(11)9(5-7)6-12-3/h4-5,12H,6H2,1-3H3. The summed E-state index contributed by atoms with van der Waals surface area (Å²) in [5, 5.41) is 3.98. The van der Waals surface area contributed by atoms with Crippen LogP contribution in [0.25, 0.3) is 0 Å². The molecule has 0 bridgehead atoms. The number of hydrogen-bond acceptors (Lipinski definition) is 1. The van der Waals surface area contributed by atoms with Gasteiger partial charge in [-0.1, -0.05) is 29.3 Å². The van der Waals surface area contributed by atoms with Gasteiger partial charge in [0.15, 0.2) is 0 Å². The van der Waals surface area contributed by atoms with Crippen LogP contribution in [0.5, 0.6) is 0 Å². The first-order chi connectivity index (χ1) is 5.65. The summed E-state index contributed by atoms with van der Waals surface area (Å²) >= 11 is 6.10. The molecule has 1 aromatic carbocycles. The summed E-state index contributed by atoms with van der Waals surface area (Å²) in [6.07, 6.45) is 0. The summed E-state index contributed by atoms with van der Waals surface area (Å²) < 4.78 is 0. The number of nitrogens with one attached hydrogen (secondary N) is 1. The molecule has 0 aromatic heterocycles. The number of benzene rings is 1. The zero-order chi connectivity index (χ0) is 9.14. The molecule has 66 valence electrons. The predicted molar refractivity (Wildman–Crippen MR) is 53.7 cm³/mol. The summed E-state index contributed by atoms with van der Waals surface area (Å²) in [6.45, 7) is 4.96. The van der Waals surface area contributed by atoms with Gasteiger partial charge in [-0.15, -0.1) is 0 Å². The quantitative estimate of drug-likeness (QED) is 0.744. The van der Waals surface area contributed by atoms with E-state index in [1.165, 1.54) is 11.1 Å². The van der Waals surface area contributed by atoms with Gasteiger partial charge < -0.3 is 5.32 Å². The van der Waals surface area contributed by atoms with Crippen LogP contribution >= 0.6 is 11.6 Å². The second kappa shape index (κ2) is 3.92. The molecule has 0 amide bonds. The number of rotatable bonds is 2. The molecule has 0 fully saturated rings. The van der Waals surface area contributed by atoms with E-state index in [9.17, 15) is 0 Å². The van der Waals surface area contributed by atoms with Gasteiger partial charge in [0.05, 0.1) is 0 Å². The van der Waals surface area contributed by atoms with E-state index < -0.39 is 0 Å². The van der Waals surface area contributed by atoms with E-state index in [0.29, 0.717) is 0 Å². The molecule has 1 rings (SSSR count). The molecule has 0 radical (unpaired) electrons. The van der Waals surface area contributed by atoms with Gasteiger partial charge in [-0.05, 0) is 32.0 Å². The van der Waals surface area contributed by atoms with Crippen LogP contribution < -0.4 is 5.32 Å². The summed E-state index contributed by atoms with van der Waals surface area (Å²) in [7, 11) is 1.92. The fraction of sp³-hybridized carbons (Fsp3) is 0.400. The van der Waals surface area contributed by atoms with Crippen LogP contribution in [0.4, 0.5) is 0 Å². The van der Waals surface area contributed by atoms with Gasteiger partial charge in [0.2, 0.25) is 0 Å². The molecule has 1 N–H and O–H groups in total. The maximum Gasteiger partial charge on any atom is 0.0480 e. The van der Waals surface area contributed by atoms with Gasteiger partial charge in [0.25, 0.3) is 0 Å². The molecule has 0 atom stereocenters. The van der Waals surface area contributed by atoms with Crippen molar-refractivity contribution < 1.29 is 0 Å². The maximum absolute atomic E-state index is 6.10. The number of aryl methyl sites for hydroxylation is 2. The molecule has 0 saturated carbocycles. The monoisotopic (exact) mass is 183 g/mol. The highest BCUT2D eigenvalue weighted by Crippen LogP contribution is 2.22. The lowest BCUT2D eigenvalue weighted by molar-refractivity contribution is 0.816. The van der Waals surface area contributed by atoms with E-state index in [0.717, 1.165) is 17.1 Å². The fourth-order valence-electron chi connectivity index (χ4n) is 1.36. The Kier molecular flexibility index (Phi) is 3.12.